The first-order valence-electron chi connectivity index (χ1n) is 7.08. The van der Waals surface area contributed by atoms with Gasteiger partial charge in [-0.25, -0.2) is 4.79 Å². The van der Waals surface area contributed by atoms with E-state index in [9.17, 15) is 4.79 Å². The Bertz CT molecular complexity index is 228. The van der Waals surface area contributed by atoms with Crippen LogP contribution in [0, 0.1) is 5.92 Å². The topological polar surface area (TPSA) is 90.4 Å². The van der Waals surface area contributed by atoms with Gasteiger partial charge in [0.05, 0.1) is 6.61 Å². The van der Waals surface area contributed by atoms with E-state index in [4.69, 9.17) is 16.2 Å². The normalized spacial score (nSPS) is 23.8. The van der Waals surface area contributed by atoms with Gasteiger partial charge in [0.2, 0.25) is 0 Å². The summed E-state index contributed by atoms with van der Waals surface area (Å²) < 4.78 is 4.85. The monoisotopic (exact) mass is 257 g/mol. The molecule has 0 heterocycles. The van der Waals surface area contributed by atoms with Gasteiger partial charge in [-0.2, -0.15) is 0 Å². The molecule has 1 fully saturated rings. The van der Waals surface area contributed by atoms with Crippen LogP contribution in [0.15, 0.2) is 0 Å². The third-order valence-corrected chi connectivity index (χ3v) is 3.62. The summed E-state index contributed by atoms with van der Waals surface area (Å²) in [5, 5.41) is 3.59. The van der Waals surface area contributed by atoms with Gasteiger partial charge in [-0.3, -0.25) is 0 Å². The van der Waals surface area contributed by atoms with Crippen molar-refractivity contribution in [1.29, 1.82) is 0 Å². The van der Waals surface area contributed by atoms with Crippen molar-refractivity contribution < 1.29 is 9.53 Å². The third kappa shape index (κ3) is 6.81. The maximum absolute atomic E-state index is 10.5. The quantitative estimate of drug-likeness (QED) is 0.573. The summed E-state index contributed by atoms with van der Waals surface area (Å²) in [6.07, 6.45) is 7.47. The van der Waals surface area contributed by atoms with Crippen LogP contribution >= 0.6 is 0 Å². The number of amides is 1. The van der Waals surface area contributed by atoms with Crippen molar-refractivity contribution in [2.24, 2.45) is 17.4 Å². The van der Waals surface area contributed by atoms with Crippen LogP contribution < -0.4 is 16.8 Å². The van der Waals surface area contributed by atoms with Gasteiger partial charge in [-0.15, -0.1) is 0 Å². The van der Waals surface area contributed by atoms with Gasteiger partial charge < -0.3 is 21.5 Å². The fourth-order valence-corrected chi connectivity index (χ4v) is 2.49. The number of carbonyl (C=O) groups excluding carboxylic acids is 1. The summed E-state index contributed by atoms with van der Waals surface area (Å²) >= 11 is 0. The number of ether oxygens (including phenoxy) is 1. The van der Waals surface area contributed by atoms with E-state index in [0.29, 0.717) is 18.6 Å². The van der Waals surface area contributed by atoms with E-state index in [1.807, 2.05) is 0 Å². The fraction of sp³-hybridized carbons (Fsp3) is 0.923. The lowest BCUT2D eigenvalue weighted by Gasteiger charge is -2.28. The number of hydrogen-bond acceptors (Lipinski definition) is 4. The molecule has 1 saturated carbocycles. The van der Waals surface area contributed by atoms with Gasteiger partial charge in [0, 0.05) is 6.04 Å². The molecule has 106 valence electrons. The first kappa shape index (κ1) is 15.2. The van der Waals surface area contributed by atoms with E-state index in [-0.39, 0.29) is 0 Å². The molecule has 1 aliphatic carbocycles. The minimum atomic E-state index is -0.657. The molecule has 0 aliphatic heterocycles. The molecule has 0 bridgehead atoms. The van der Waals surface area contributed by atoms with Gasteiger partial charge in [-0.1, -0.05) is 6.42 Å². The Balaban J connectivity index is 1.99. The van der Waals surface area contributed by atoms with E-state index in [1.54, 1.807) is 0 Å². The maximum Gasteiger partial charge on any atom is 0.404 e. The number of carbonyl (C=O) groups is 1. The third-order valence-electron chi connectivity index (χ3n) is 3.62. The second-order valence-electron chi connectivity index (χ2n) is 5.15. The second-order valence-corrected chi connectivity index (χ2v) is 5.15. The Labute approximate surface area is 110 Å². The molecule has 0 atom stereocenters. The Morgan fingerprint density at radius 2 is 1.89 bits per heavy atom. The summed E-state index contributed by atoms with van der Waals surface area (Å²) in [6.45, 7) is 2.37. The Kier molecular flexibility index (Phi) is 7.76. The molecule has 0 saturated heterocycles. The van der Waals surface area contributed by atoms with Crippen molar-refractivity contribution in [1.82, 2.24) is 5.32 Å². The smallest absolute Gasteiger partial charge is 0.404 e. The summed E-state index contributed by atoms with van der Waals surface area (Å²) in [5.74, 6) is 0.493. The number of nitrogens with two attached hydrogens (primary N) is 2. The fourth-order valence-electron chi connectivity index (χ4n) is 2.49. The molecule has 5 nitrogen and oxygen atoms in total. The van der Waals surface area contributed by atoms with E-state index in [1.165, 1.54) is 25.7 Å². The van der Waals surface area contributed by atoms with Crippen molar-refractivity contribution in [2.45, 2.75) is 51.0 Å². The first-order valence-corrected chi connectivity index (χ1v) is 7.08. The number of rotatable bonds is 8. The number of unbranched alkanes of at least 4 members (excludes halogenated alkanes) is 2. The average molecular weight is 257 g/mol. The summed E-state index contributed by atoms with van der Waals surface area (Å²) in [6, 6.07) is 0.632. The van der Waals surface area contributed by atoms with E-state index in [2.05, 4.69) is 5.32 Å². The van der Waals surface area contributed by atoms with Gasteiger partial charge in [-0.05, 0) is 57.5 Å². The molecule has 18 heavy (non-hydrogen) atoms. The lowest BCUT2D eigenvalue weighted by atomic mass is 9.86. The zero-order chi connectivity index (χ0) is 13.2. The summed E-state index contributed by atoms with van der Waals surface area (Å²) in [7, 11) is 0. The van der Waals surface area contributed by atoms with Crippen LogP contribution in [0.3, 0.4) is 0 Å². The minimum absolute atomic E-state index is 0.485. The highest BCUT2D eigenvalue weighted by Crippen LogP contribution is 2.24. The van der Waals surface area contributed by atoms with Crippen molar-refractivity contribution >= 4 is 6.09 Å². The number of nitrogens with one attached hydrogen (secondary N) is 1. The summed E-state index contributed by atoms with van der Waals surface area (Å²) in [4.78, 5) is 10.5. The van der Waals surface area contributed by atoms with Crippen molar-refractivity contribution in [2.75, 3.05) is 19.7 Å². The Morgan fingerprint density at radius 3 is 2.50 bits per heavy atom. The van der Waals surface area contributed by atoms with Crippen molar-refractivity contribution in [3.05, 3.63) is 0 Å². The molecule has 0 aromatic heterocycles. The zero-order valence-corrected chi connectivity index (χ0v) is 11.2. The zero-order valence-electron chi connectivity index (χ0n) is 11.2. The number of primary amides is 1. The second kappa shape index (κ2) is 9.16. The molecule has 0 aromatic carbocycles. The number of hydrogen-bond donors (Lipinski definition) is 3. The molecule has 0 radical (unpaired) electrons. The predicted molar refractivity (Wildman–Crippen MR) is 72.2 cm³/mol. The minimum Gasteiger partial charge on any atom is -0.449 e. The highest BCUT2D eigenvalue weighted by Gasteiger charge is 2.21. The van der Waals surface area contributed by atoms with E-state index >= 15 is 0 Å². The predicted octanol–water partition coefficient (Wildman–Crippen LogP) is 1.36. The van der Waals surface area contributed by atoms with Crippen molar-refractivity contribution in [3.8, 4) is 0 Å². The van der Waals surface area contributed by atoms with Gasteiger partial charge in [0.25, 0.3) is 0 Å². The van der Waals surface area contributed by atoms with E-state index in [0.717, 1.165) is 32.4 Å². The largest absolute Gasteiger partial charge is 0.449 e. The highest BCUT2D eigenvalue weighted by atomic mass is 16.5. The molecule has 1 aliphatic rings. The van der Waals surface area contributed by atoms with Crippen LogP contribution in [0.4, 0.5) is 4.79 Å². The summed E-state index contributed by atoms with van der Waals surface area (Å²) in [5.41, 5.74) is 10.4. The maximum atomic E-state index is 10.5. The lowest BCUT2D eigenvalue weighted by Crippen LogP contribution is -2.35. The SMILES string of the molecule is NCCCCCNC1CCC(COC(N)=O)CC1. The Morgan fingerprint density at radius 1 is 1.17 bits per heavy atom. The van der Waals surface area contributed by atoms with Crippen LogP contribution in [0.5, 0.6) is 0 Å². The molecular weight excluding hydrogens is 230 g/mol. The van der Waals surface area contributed by atoms with Crippen LogP contribution in [0.1, 0.15) is 44.9 Å². The Hall–Kier alpha value is -0.810. The van der Waals surface area contributed by atoms with Crippen LogP contribution in [-0.2, 0) is 4.74 Å². The molecule has 5 N–H and O–H groups in total. The standard InChI is InChI=1S/C13H27N3O2/c14-8-2-1-3-9-16-12-6-4-11(5-7-12)10-18-13(15)17/h11-12,16H,1-10,14H2,(H2,15,17). The molecular formula is C13H27N3O2. The first-order chi connectivity index (χ1) is 8.72. The molecule has 1 rings (SSSR count). The van der Waals surface area contributed by atoms with E-state index < -0.39 is 6.09 Å². The van der Waals surface area contributed by atoms with Gasteiger partial charge in [0.1, 0.15) is 0 Å². The van der Waals surface area contributed by atoms with Gasteiger partial charge in [0.15, 0.2) is 0 Å². The molecule has 0 unspecified atom stereocenters. The molecule has 5 heteroatoms. The average Bonchev–Trinajstić information content (AvgIpc) is 2.37. The molecule has 1 amide bonds. The molecule has 0 spiro atoms. The highest BCUT2D eigenvalue weighted by molar-refractivity contribution is 5.64. The lowest BCUT2D eigenvalue weighted by molar-refractivity contribution is 0.120. The van der Waals surface area contributed by atoms with Crippen LogP contribution in [-0.4, -0.2) is 31.8 Å². The van der Waals surface area contributed by atoms with Crippen LogP contribution in [0.2, 0.25) is 0 Å². The van der Waals surface area contributed by atoms with Gasteiger partial charge >= 0.3 is 6.09 Å². The van der Waals surface area contributed by atoms with Crippen molar-refractivity contribution in [3.63, 3.8) is 0 Å². The molecule has 0 aromatic rings. The van der Waals surface area contributed by atoms with Crippen LogP contribution in [0.25, 0.3) is 0 Å².